The molecule has 0 amide bonds. The van der Waals surface area contributed by atoms with Gasteiger partial charge in [-0.15, -0.1) is 0 Å². The van der Waals surface area contributed by atoms with Crippen molar-refractivity contribution in [2.45, 2.75) is 24.7 Å². The van der Waals surface area contributed by atoms with Crippen molar-refractivity contribution in [3.05, 3.63) is 48.7 Å². The molecule has 0 bridgehead atoms. The molecule has 2 N–H and O–H groups in total. The normalized spacial score (nSPS) is 17.9. The van der Waals surface area contributed by atoms with Gasteiger partial charge in [0.25, 0.3) is 15.8 Å². The first-order chi connectivity index (χ1) is 12.6. The molecule has 0 aliphatic carbocycles. The summed E-state index contributed by atoms with van der Waals surface area (Å²) in [4.78, 5) is 5.53. The molecule has 2 heterocycles. The van der Waals surface area contributed by atoms with Gasteiger partial charge in [0, 0.05) is 25.1 Å². The van der Waals surface area contributed by atoms with E-state index in [1.165, 1.54) is 4.31 Å². The number of sulfonamides is 1. The number of hydrogen-bond donors (Lipinski definition) is 1. The topological polar surface area (TPSA) is 75.0 Å². The van der Waals surface area contributed by atoms with Gasteiger partial charge in [-0.25, -0.2) is 13.4 Å². The molecule has 0 spiro atoms. The molecule has 1 saturated heterocycles. The molecular weight excluding hydrogens is 350 g/mol. The van der Waals surface area contributed by atoms with Crippen LogP contribution in [-0.4, -0.2) is 39.8 Å². The van der Waals surface area contributed by atoms with Gasteiger partial charge >= 0.3 is 0 Å². The number of piperidine rings is 1. The zero-order chi connectivity index (χ0) is 18.6. The van der Waals surface area contributed by atoms with Crippen molar-refractivity contribution in [3.63, 3.8) is 0 Å². The van der Waals surface area contributed by atoms with Crippen LogP contribution in [0.2, 0.25) is 0 Å². The summed E-state index contributed by atoms with van der Waals surface area (Å²) in [5.41, 5.74) is 0.654. The van der Waals surface area contributed by atoms with E-state index in [2.05, 4.69) is 9.88 Å². The number of para-hydroxylation sites is 1. The molecule has 0 radical (unpaired) electrons. The standard InChI is InChI=1S/C19H25N3O3S/c1-2-22(17-8-4-3-5-9-17)26(24,25)18-10-11-19(20-13-18)21-12-6-7-16(14-21)15-23/h3-5,8-11,13,16,23H,2,6-7,12,14-15H2,1H3/p+1/t16-/m0/s1. The average Bonchev–Trinajstić information content (AvgIpc) is 2.69. The Morgan fingerprint density at radius 1 is 1.23 bits per heavy atom. The van der Waals surface area contributed by atoms with Crippen LogP contribution in [0.4, 0.5) is 11.5 Å². The lowest BCUT2D eigenvalue weighted by atomic mass is 9.99. The molecule has 0 unspecified atom stereocenters. The number of rotatable bonds is 6. The third kappa shape index (κ3) is 3.83. The molecule has 1 aromatic heterocycles. The van der Waals surface area contributed by atoms with E-state index in [0.29, 0.717) is 12.2 Å². The summed E-state index contributed by atoms with van der Waals surface area (Å²) in [5.74, 6) is 1.15. The smallest absolute Gasteiger partial charge is 0.274 e. The van der Waals surface area contributed by atoms with Crippen LogP contribution in [0.3, 0.4) is 0 Å². The van der Waals surface area contributed by atoms with Crippen LogP contribution in [0.5, 0.6) is 0 Å². The van der Waals surface area contributed by atoms with Gasteiger partial charge in [-0.05, 0) is 38.0 Å². The Bertz CT molecular complexity index is 810. The number of pyridine rings is 1. The van der Waals surface area contributed by atoms with E-state index in [-0.39, 0.29) is 17.4 Å². The summed E-state index contributed by atoms with van der Waals surface area (Å²) in [7, 11) is -3.62. The van der Waals surface area contributed by atoms with Gasteiger partial charge in [0.15, 0.2) is 0 Å². The van der Waals surface area contributed by atoms with Crippen LogP contribution in [0.25, 0.3) is 0 Å². The van der Waals surface area contributed by atoms with E-state index in [4.69, 9.17) is 0 Å². The first-order valence-electron chi connectivity index (χ1n) is 9.01. The Morgan fingerprint density at radius 3 is 2.62 bits per heavy atom. The van der Waals surface area contributed by atoms with Gasteiger partial charge in [-0.1, -0.05) is 18.2 Å². The quantitative estimate of drug-likeness (QED) is 0.836. The van der Waals surface area contributed by atoms with E-state index < -0.39 is 10.0 Å². The third-order valence-corrected chi connectivity index (χ3v) is 6.70. The second-order valence-corrected chi connectivity index (χ2v) is 8.41. The van der Waals surface area contributed by atoms with E-state index in [9.17, 15) is 13.5 Å². The Hall–Kier alpha value is -2.12. The zero-order valence-electron chi connectivity index (χ0n) is 15.0. The van der Waals surface area contributed by atoms with Crippen LogP contribution in [0.1, 0.15) is 19.8 Å². The number of aliphatic hydroxyl groups excluding tert-OH is 1. The maximum atomic E-state index is 13.0. The lowest BCUT2D eigenvalue weighted by Crippen LogP contribution is -2.40. The van der Waals surface area contributed by atoms with E-state index >= 15 is 0 Å². The Labute approximate surface area is 155 Å². The predicted molar refractivity (Wildman–Crippen MR) is 102 cm³/mol. The maximum Gasteiger partial charge on any atom is 0.274 e. The molecule has 1 atom stereocenters. The van der Waals surface area contributed by atoms with E-state index in [1.54, 1.807) is 24.4 Å². The Kier molecular flexibility index (Phi) is 5.78. The minimum atomic E-state index is -3.62. The number of benzene rings is 1. The molecule has 1 fully saturated rings. The summed E-state index contributed by atoms with van der Waals surface area (Å²) in [6.07, 6.45) is 3.61. The van der Waals surface area contributed by atoms with Gasteiger partial charge in [0.05, 0.1) is 18.8 Å². The third-order valence-electron chi connectivity index (χ3n) is 4.81. The number of aromatic nitrogens is 1. The van der Waals surface area contributed by atoms with Crippen molar-refractivity contribution in [2.75, 3.05) is 35.4 Å². The maximum absolute atomic E-state index is 13.0. The molecule has 140 valence electrons. The zero-order valence-corrected chi connectivity index (χ0v) is 15.8. The Morgan fingerprint density at radius 2 is 2.00 bits per heavy atom. The molecule has 3 rings (SSSR count). The van der Waals surface area contributed by atoms with Gasteiger partial charge in [-0.2, -0.15) is 0 Å². The van der Waals surface area contributed by atoms with Gasteiger partial charge in [0.1, 0.15) is 11.1 Å². The summed E-state index contributed by atoms with van der Waals surface area (Å²) in [6, 6.07) is 12.6. The fourth-order valence-corrected chi connectivity index (χ4v) is 4.85. The van der Waals surface area contributed by atoms with Crippen LogP contribution >= 0.6 is 0 Å². The molecule has 7 heteroatoms. The number of anilines is 2. The van der Waals surface area contributed by atoms with Crippen molar-refractivity contribution in [3.8, 4) is 0 Å². The number of H-pyrrole nitrogens is 1. The number of aromatic amines is 1. The summed E-state index contributed by atoms with van der Waals surface area (Å²) in [5, 5.41) is 9.38. The first-order valence-corrected chi connectivity index (χ1v) is 10.5. The molecule has 0 saturated carbocycles. The highest BCUT2D eigenvalue weighted by atomic mass is 32.2. The highest BCUT2D eigenvalue weighted by molar-refractivity contribution is 7.92. The van der Waals surface area contributed by atoms with Crippen molar-refractivity contribution in [1.29, 1.82) is 0 Å². The van der Waals surface area contributed by atoms with Crippen LogP contribution < -0.4 is 14.2 Å². The lowest BCUT2D eigenvalue weighted by molar-refractivity contribution is -0.367. The molecule has 6 nitrogen and oxygen atoms in total. The van der Waals surface area contributed by atoms with Crippen LogP contribution in [-0.2, 0) is 10.0 Å². The fraction of sp³-hybridized carbons (Fsp3) is 0.421. The summed E-state index contributed by atoms with van der Waals surface area (Å²) < 4.78 is 27.4. The van der Waals surface area contributed by atoms with E-state index in [0.717, 1.165) is 31.7 Å². The SMILES string of the molecule is CCN(c1ccccc1)S(=O)(=O)c1ccc(N2CCC[C@H](CO)C2)[nH+]c1. The average molecular weight is 377 g/mol. The number of hydrogen-bond acceptors (Lipinski definition) is 4. The minimum absolute atomic E-state index is 0.186. The van der Waals surface area contributed by atoms with Gasteiger partial charge in [-0.3, -0.25) is 9.21 Å². The lowest BCUT2D eigenvalue weighted by Gasteiger charge is -2.27. The minimum Gasteiger partial charge on any atom is -0.396 e. The van der Waals surface area contributed by atoms with Crippen molar-refractivity contribution < 1.29 is 18.5 Å². The number of nitrogens with one attached hydrogen (secondary N) is 1. The second-order valence-electron chi connectivity index (χ2n) is 6.55. The molecule has 1 aromatic carbocycles. The highest BCUT2D eigenvalue weighted by Crippen LogP contribution is 2.24. The highest BCUT2D eigenvalue weighted by Gasteiger charge is 2.28. The van der Waals surface area contributed by atoms with Crippen molar-refractivity contribution >= 4 is 21.5 Å². The largest absolute Gasteiger partial charge is 0.396 e. The predicted octanol–water partition coefficient (Wildman–Crippen LogP) is 1.92. The van der Waals surface area contributed by atoms with Gasteiger partial charge in [0.2, 0.25) is 0 Å². The fourth-order valence-electron chi connectivity index (χ4n) is 3.41. The van der Waals surface area contributed by atoms with Crippen LogP contribution in [0, 0.1) is 5.92 Å². The molecule has 1 aliphatic rings. The first kappa shape index (κ1) is 18.7. The monoisotopic (exact) mass is 376 g/mol. The Balaban J connectivity index is 1.83. The van der Waals surface area contributed by atoms with Crippen molar-refractivity contribution in [2.24, 2.45) is 5.92 Å². The number of nitrogens with zero attached hydrogens (tertiary/aromatic N) is 2. The summed E-state index contributed by atoms with van der Waals surface area (Å²) in [6.45, 7) is 4.06. The number of aliphatic hydroxyl groups is 1. The second kappa shape index (κ2) is 8.05. The van der Waals surface area contributed by atoms with E-state index in [1.807, 2.05) is 31.2 Å². The summed E-state index contributed by atoms with van der Waals surface area (Å²) >= 11 is 0. The molecule has 26 heavy (non-hydrogen) atoms. The molecule has 1 aliphatic heterocycles. The molecular formula is C19H26N3O3S+. The molecule has 2 aromatic rings. The van der Waals surface area contributed by atoms with Crippen molar-refractivity contribution in [1.82, 2.24) is 0 Å². The van der Waals surface area contributed by atoms with Crippen LogP contribution in [0.15, 0.2) is 53.6 Å². The van der Waals surface area contributed by atoms with Gasteiger partial charge < -0.3 is 5.11 Å².